The highest BCUT2D eigenvalue weighted by atomic mass is 79.9. The first-order valence-electron chi connectivity index (χ1n) is 6.11. The van der Waals surface area contributed by atoms with Crippen molar-refractivity contribution in [3.63, 3.8) is 0 Å². The molecule has 1 unspecified atom stereocenters. The number of para-hydroxylation sites is 2. The standard InChI is InChI=1S/C15H15Br2NO2/c1-20-15-5-3-2-4-13(15)18-14(9-19)10-6-7-11(16)12(17)8-10/h2-8,14,18-19H,9H2,1H3. The Labute approximate surface area is 135 Å². The van der Waals surface area contributed by atoms with Crippen molar-refractivity contribution in [1.82, 2.24) is 0 Å². The maximum absolute atomic E-state index is 9.63. The van der Waals surface area contributed by atoms with Crippen molar-refractivity contribution < 1.29 is 9.84 Å². The third-order valence-corrected chi connectivity index (χ3v) is 4.84. The Morgan fingerprint density at radius 1 is 1.15 bits per heavy atom. The van der Waals surface area contributed by atoms with Gasteiger partial charge in [0.1, 0.15) is 5.75 Å². The van der Waals surface area contributed by atoms with Crippen LogP contribution in [0.2, 0.25) is 0 Å². The Morgan fingerprint density at radius 3 is 2.55 bits per heavy atom. The van der Waals surface area contributed by atoms with Crippen molar-refractivity contribution in [3.05, 3.63) is 57.0 Å². The Morgan fingerprint density at radius 2 is 1.90 bits per heavy atom. The summed E-state index contributed by atoms with van der Waals surface area (Å²) in [5.74, 6) is 0.752. The summed E-state index contributed by atoms with van der Waals surface area (Å²) in [6, 6.07) is 13.3. The number of nitrogens with one attached hydrogen (secondary N) is 1. The second-order valence-corrected chi connectivity index (χ2v) is 5.96. The van der Waals surface area contributed by atoms with E-state index in [9.17, 15) is 5.11 Å². The van der Waals surface area contributed by atoms with Crippen molar-refractivity contribution in [2.45, 2.75) is 6.04 Å². The van der Waals surface area contributed by atoms with Gasteiger partial charge in [-0.1, -0.05) is 18.2 Å². The zero-order valence-corrected chi connectivity index (χ0v) is 14.1. The van der Waals surface area contributed by atoms with Crippen LogP contribution in [0.25, 0.3) is 0 Å². The van der Waals surface area contributed by atoms with E-state index in [4.69, 9.17) is 4.74 Å². The fraction of sp³-hybridized carbons (Fsp3) is 0.200. The number of hydrogen-bond acceptors (Lipinski definition) is 3. The molecule has 2 aromatic rings. The Hall–Kier alpha value is -1.04. The van der Waals surface area contributed by atoms with Crippen LogP contribution in [0.15, 0.2) is 51.4 Å². The molecule has 0 radical (unpaired) electrons. The van der Waals surface area contributed by atoms with E-state index in [0.717, 1.165) is 25.9 Å². The van der Waals surface area contributed by atoms with Gasteiger partial charge in [-0.2, -0.15) is 0 Å². The summed E-state index contributed by atoms with van der Waals surface area (Å²) in [6.07, 6.45) is 0. The smallest absolute Gasteiger partial charge is 0.141 e. The fourth-order valence-corrected chi connectivity index (χ4v) is 2.56. The maximum Gasteiger partial charge on any atom is 0.141 e. The Bertz CT molecular complexity index is 590. The van der Waals surface area contributed by atoms with Crippen molar-refractivity contribution >= 4 is 37.5 Å². The van der Waals surface area contributed by atoms with Crippen LogP contribution in [0.1, 0.15) is 11.6 Å². The molecule has 5 heteroatoms. The van der Waals surface area contributed by atoms with E-state index >= 15 is 0 Å². The number of rotatable bonds is 5. The first-order valence-corrected chi connectivity index (χ1v) is 7.69. The molecule has 0 bridgehead atoms. The lowest BCUT2D eigenvalue weighted by atomic mass is 10.1. The van der Waals surface area contributed by atoms with Crippen LogP contribution in [0.4, 0.5) is 5.69 Å². The molecule has 0 aliphatic rings. The molecule has 0 amide bonds. The topological polar surface area (TPSA) is 41.5 Å². The van der Waals surface area contributed by atoms with Crippen molar-refractivity contribution in [2.75, 3.05) is 19.0 Å². The summed E-state index contributed by atoms with van der Waals surface area (Å²) >= 11 is 6.92. The Kier molecular flexibility index (Phi) is 5.46. The van der Waals surface area contributed by atoms with E-state index in [1.807, 2.05) is 42.5 Å². The number of anilines is 1. The molecule has 0 spiro atoms. The van der Waals surface area contributed by atoms with Crippen LogP contribution >= 0.6 is 31.9 Å². The molecule has 0 fully saturated rings. The average Bonchev–Trinajstić information content (AvgIpc) is 2.48. The SMILES string of the molecule is COc1ccccc1NC(CO)c1ccc(Br)c(Br)c1. The van der Waals surface area contributed by atoms with Crippen molar-refractivity contribution in [2.24, 2.45) is 0 Å². The van der Waals surface area contributed by atoms with E-state index in [0.29, 0.717) is 0 Å². The lowest BCUT2D eigenvalue weighted by Crippen LogP contribution is -2.15. The zero-order chi connectivity index (χ0) is 14.5. The highest BCUT2D eigenvalue weighted by molar-refractivity contribution is 9.13. The molecular weight excluding hydrogens is 386 g/mol. The lowest BCUT2D eigenvalue weighted by Gasteiger charge is -2.20. The van der Waals surface area contributed by atoms with Gasteiger partial charge in [-0.3, -0.25) is 0 Å². The van der Waals surface area contributed by atoms with Gasteiger partial charge in [-0.25, -0.2) is 0 Å². The van der Waals surface area contributed by atoms with Crippen LogP contribution in [0, 0.1) is 0 Å². The normalized spacial score (nSPS) is 12.0. The first-order chi connectivity index (χ1) is 9.65. The van der Waals surface area contributed by atoms with Gasteiger partial charge >= 0.3 is 0 Å². The predicted molar refractivity (Wildman–Crippen MR) is 88.3 cm³/mol. The van der Waals surface area contributed by atoms with Crippen LogP contribution in [0.5, 0.6) is 5.75 Å². The number of aliphatic hydroxyl groups excluding tert-OH is 1. The summed E-state index contributed by atoms with van der Waals surface area (Å²) in [6.45, 7) is -0.00782. The van der Waals surface area contributed by atoms with Gasteiger partial charge in [0.05, 0.1) is 25.4 Å². The number of aliphatic hydroxyl groups is 1. The van der Waals surface area contributed by atoms with Gasteiger partial charge < -0.3 is 15.2 Å². The highest BCUT2D eigenvalue weighted by Crippen LogP contribution is 2.30. The summed E-state index contributed by atoms with van der Waals surface area (Å²) < 4.78 is 7.24. The quantitative estimate of drug-likeness (QED) is 0.783. The second-order valence-electron chi connectivity index (χ2n) is 4.25. The van der Waals surface area contributed by atoms with Crippen LogP contribution < -0.4 is 10.1 Å². The molecule has 0 heterocycles. The largest absolute Gasteiger partial charge is 0.495 e. The fourth-order valence-electron chi connectivity index (χ4n) is 1.92. The molecule has 2 aromatic carbocycles. The molecule has 0 aliphatic heterocycles. The minimum absolute atomic E-state index is 0.00782. The van der Waals surface area contributed by atoms with Crippen LogP contribution in [0.3, 0.4) is 0 Å². The molecule has 0 saturated carbocycles. The molecule has 20 heavy (non-hydrogen) atoms. The predicted octanol–water partition coefficient (Wildman–Crippen LogP) is 4.37. The van der Waals surface area contributed by atoms with Gasteiger partial charge in [-0.15, -0.1) is 0 Å². The van der Waals surface area contributed by atoms with Crippen molar-refractivity contribution in [1.29, 1.82) is 0 Å². The van der Waals surface area contributed by atoms with E-state index in [1.165, 1.54) is 0 Å². The highest BCUT2D eigenvalue weighted by Gasteiger charge is 2.13. The average molecular weight is 401 g/mol. The summed E-state index contributed by atoms with van der Waals surface area (Å²) in [4.78, 5) is 0. The van der Waals surface area contributed by atoms with Gasteiger partial charge in [-0.05, 0) is 61.7 Å². The monoisotopic (exact) mass is 399 g/mol. The minimum Gasteiger partial charge on any atom is -0.495 e. The third-order valence-electron chi connectivity index (χ3n) is 2.97. The molecule has 2 N–H and O–H groups in total. The molecular formula is C15H15Br2NO2. The molecule has 1 atom stereocenters. The molecule has 3 nitrogen and oxygen atoms in total. The van der Waals surface area contributed by atoms with Crippen LogP contribution in [-0.2, 0) is 0 Å². The molecule has 2 rings (SSSR count). The lowest BCUT2D eigenvalue weighted by molar-refractivity contribution is 0.276. The van der Waals surface area contributed by atoms with E-state index in [-0.39, 0.29) is 12.6 Å². The number of halogens is 2. The summed E-state index contributed by atoms with van der Waals surface area (Å²) in [5.41, 5.74) is 1.85. The first kappa shape index (κ1) is 15.4. The molecule has 106 valence electrons. The summed E-state index contributed by atoms with van der Waals surface area (Å²) in [7, 11) is 1.63. The van der Waals surface area contributed by atoms with E-state index < -0.39 is 0 Å². The van der Waals surface area contributed by atoms with Crippen LogP contribution in [-0.4, -0.2) is 18.8 Å². The van der Waals surface area contributed by atoms with Gasteiger partial charge in [0, 0.05) is 8.95 Å². The maximum atomic E-state index is 9.63. The number of ether oxygens (including phenoxy) is 1. The zero-order valence-electron chi connectivity index (χ0n) is 10.9. The Balaban J connectivity index is 2.26. The molecule has 0 saturated heterocycles. The number of hydrogen-bond donors (Lipinski definition) is 2. The van der Waals surface area contributed by atoms with Gasteiger partial charge in [0.15, 0.2) is 0 Å². The van der Waals surface area contributed by atoms with E-state index in [2.05, 4.69) is 37.2 Å². The van der Waals surface area contributed by atoms with Crippen molar-refractivity contribution in [3.8, 4) is 5.75 Å². The third kappa shape index (κ3) is 3.53. The minimum atomic E-state index is -0.198. The molecule has 0 aliphatic carbocycles. The number of benzene rings is 2. The summed E-state index contributed by atoms with van der Waals surface area (Å²) in [5, 5.41) is 12.9. The van der Waals surface area contributed by atoms with E-state index in [1.54, 1.807) is 7.11 Å². The van der Waals surface area contributed by atoms with Gasteiger partial charge in [0.2, 0.25) is 0 Å². The van der Waals surface area contributed by atoms with Gasteiger partial charge in [0.25, 0.3) is 0 Å². The number of methoxy groups -OCH3 is 1. The second kappa shape index (κ2) is 7.11. The molecule has 0 aromatic heterocycles.